The third-order valence-electron chi connectivity index (χ3n) is 5.94. The van der Waals surface area contributed by atoms with Gasteiger partial charge in [-0.05, 0) is 60.4 Å². The van der Waals surface area contributed by atoms with Gasteiger partial charge in [-0.3, -0.25) is 14.5 Å². The van der Waals surface area contributed by atoms with E-state index in [1.807, 2.05) is 49.4 Å². The van der Waals surface area contributed by atoms with Crippen LogP contribution in [0.15, 0.2) is 90.2 Å². The standard InChI is InChI=1S/C29H26N2O4/c1-2-18-35-24-15-11-22(12-16-24)27-26(25(32)17-10-20-6-4-3-5-7-20)28(33)29(34)31(27)23-13-8-21(19-30)9-14-23/h3-9,11-16,27,33H,2,10,17-18H2,1H3. The first-order valence-electron chi connectivity index (χ1n) is 11.6. The molecule has 0 spiro atoms. The van der Waals surface area contributed by atoms with Crippen LogP contribution in [0, 0.1) is 11.3 Å². The second-order valence-corrected chi connectivity index (χ2v) is 8.32. The van der Waals surface area contributed by atoms with Crippen LogP contribution in [-0.4, -0.2) is 23.4 Å². The number of hydrogen-bond donors (Lipinski definition) is 1. The first kappa shape index (κ1) is 23.8. The lowest BCUT2D eigenvalue weighted by Crippen LogP contribution is -2.31. The number of rotatable bonds is 9. The first-order chi connectivity index (χ1) is 17.0. The monoisotopic (exact) mass is 466 g/mol. The molecule has 0 aromatic heterocycles. The Labute approximate surface area is 204 Å². The SMILES string of the molecule is CCCOc1ccc(C2C(C(=O)CCc3ccccc3)=C(O)C(=O)N2c2ccc(C#N)cc2)cc1. The van der Waals surface area contributed by atoms with Gasteiger partial charge in [-0.25, -0.2) is 0 Å². The molecule has 0 radical (unpaired) electrons. The van der Waals surface area contributed by atoms with Crippen LogP contribution >= 0.6 is 0 Å². The number of benzene rings is 3. The molecule has 6 heteroatoms. The van der Waals surface area contributed by atoms with Crippen LogP contribution in [0.5, 0.6) is 5.75 Å². The normalized spacial score (nSPS) is 15.3. The number of amides is 1. The van der Waals surface area contributed by atoms with Crippen molar-refractivity contribution >= 4 is 17.4 Å². The maximum Gasteiger partial charge on any atom is 0.294 e. The Kier molecular flexibility index (Phi) is 7.27. The third-order valence-corrected chi connectivity index (χ3v) is 5.94. The molecule has 0 saturated heterocycles. The van der Waals surface area contributed by atoms with E-state index >= 15 is 0 Å². The fourth-order valence-corrected chi connectivity index (χ4v) is 4.17. The number of aliphatic hydroxyl groups excluding tert-OH is 1. The van der Waals surface area contributed by atoms with Crippen LogP contribution in [0.25, 0.3) is 0 Å². The number of nitrogens with zero attached hydrogens (tertiary/aromatic N) is 2. The average Bonchev–Trinajstić information content (AvgIpc) is 3.17. The zero-order valence-corrected chi connectivity index (χ0v) is 19.5. The molecule has 4 rings (SSSR count). The van der Waals surface area contributed by atoms with E-state index in [1.165, 1.54) is 4.90 Å². The maximum absolute atomic E-state index is 13.4. The Hall–Kier alpha value is -4.37. The zero-order valence-electron chi connectivity index (χ0n) is 19.5. The summed E-state index contributed by atoms with van der Waals surface area (Å²) in [5.74, 6) is -0.778. The quantitative estimate of drug-likeness (QED) is 0.453. The predicted molar refractivity (Wildman–Crippen MR) is 133 cm³/mol. The Morgan fingerprint density at radius 2 is 1.71 bits per heavy atom. The van der Waals surface area contributed by atoms with E-state index in [9.17, 15) is 14.7 Å². The van der Waals surface area contributed by atoms with Gasteiger partial charge >= 0.3 is 0 Å². The van der Waals surface area contributed by atoms with Crippen molar-refractivity contribution in [3.63, 3.8) is 0 Å². The van der Waals surface area contributed by atoms with Gasteiger partial charge < -0.3 is 9.84 Å². The van der Waals surface area contributed by atoms with Crippen molar-refractivity contribution in [2.24, 2.45) is 0 Å². The average molecular weight is 467 g/mol. The van der Waals surface area contributed by atoms with Crippen molar-refractivity contribution in [1.29, 1.82) is 5.26 Å². The molecule has 176 valence electrons. The molecular weight excluding hydrogens is 440 g/mol. The molecule has 35 heavy (non-hydrogen) atoms. The molecule has 1 aliphatic rings. The van der Waals surface area contributed by atoms with Crippen LogP contribution in [-0.2, 0) is 16.0 Å². The van der Waals surface area contributed by atoms with Crippen LogP contribution in [0.2, 0.25) is 0 Å². The van der Waals surface area contributed by atoms with Crippen molar-refractivity contribution in [2.45, 2.75) is 32.2 Å². The van der Waals surface area contributed by atoms with Gasteiger partial charge in [-0.2, -0.15) is 5.26 Å². The largest absolute Gasteiger partial charge is 0.503 e. The number of Topliss-reactive ketones (excluding diaryl/α,β-unsaturated/α-hetero) is 1. The molecule has 3 aromatic rings. The van der Waals surface area contributed by atoms with Gasteiger partial charge in [0.15, 0.2) is 11.5 Å². The van der Waals surface area contributed by atoms with Gasteiger partial charge in [0.25, 0.3) is 5.91 Å². The summed E-state index contributed by atoms with van der Waals surface area (Å²) in [5.41, 5.74) is 2.70. The number of hydrogen-bond acceptors (Lipinski definition) is 5. The highest BCUT2D eigenvalue weighted by Gasteiger charge is 2.44. The molecule has 1 N–H and O–H groups in total. The molecule has 0 bridgehead atoms. The van der Waals surface area contributed by atoms with E-state index in [2.05, 4.69) is 6.07 Å². The fourth-order valence-electron chi connectivity index (χ4n) is 4.17. The molecule has 3 aromatic carbocycles. The summed E-state index contributed by atoms with van der Waals surface area (Å²) in [5, 5.41) is 20.0. The molecule has 0 saturated carbocycles. The minimum atomic E-state index is -0.793. The fraction of sp³-hybridized carbons (Fsp3) is 0.207. The number of carbonyl (C=O) groups excluding carboxylic acids is 2. The molecule has 1 atom stereocenters. The number of ketones is 1. The van der Waals surface area contributed by atoms with Crippen LogP contribution in [0.4, 0.5) is 5.69 Å². The second-order valence-electron chi connectivity index (χ2n) is 8.32. The van der Waals surface area contributed by atoms with E-state index in [1.54, 1.807) is 36.4 Å². The van der Waals surface area contributed by atoms with Crippen LogP contribution in [0.1, 0.15) is 42.5 Å². The van der Waals surface area contributed by atoms with E-state index in [0.29, 0.717) is 35.6 Å². The number of aliphatic hydroxyl groups is 1. The van der Waals surface area contributed by atoms with E-state index in [-0.39, 0.29) is 17.8 Å². The van der Waals surface area contributed by atoms with E-state index in [4.69, 9.17) is 10.00 Å². The summed E-state index contributed by atoms with van der Waals surface area (Å²) in [6, 6.07) is 24.6. The lowest BCUT2D eigenvalue weighted by molar-refractivity contribution is -0.118. The number of anilines is 1. The van der Waals surface area contributed by atoms with Gasteiger partial charge in [0.05, 0.1) is 29.9 Å². The maximum atomic E-state index is 13.4. The molecule has 1 heterocycles. The smallest absolute Gasteiger partial charge is 0.294 e. The molecule has 1 aliphatic heterocycles. The highest BCUT2D eigenvalue weighted by molar-refractivity contribution is 6.16. The van der Waals surface area contributed by atoms with Crippen molar-refractivity contribution in [3.8, 4) is 11.8 Å². The van der Waals surface area contributed by atoms with E-state index < -0.39 is 17.7 Å². The summed E-state index contributed by atoms with van der Waals surface area (Å²) < 4.78 is 5.67. The van der Waals surface area contributed by atoms with Gasteiger partial charge in [0.2, 0.25) is 0 Å². The third kappa shape index (κ3) is 5.10. The Morgan fingerprint density at radius 1 is 1.03 bits per heavy atom. The highest BCUT2D eigenvalue weighted by Crippen LogP contribution is 2.41. The minimum Gasteiger partial charge on any atom is -0.503 e. The number of carbonyl (C=O) groups is 2. The van der Waals surface area contributed by atoms with Gasteiger partial charge in [-0.15, -0.1) is 0 Å². The summed E-state index contributed by atoms with van der Waals surface area (Å²) in [7, 11) is 0. The van der Waals surface area contributed by atoms with Gasteiger partial charge in [-0.1, -0.05) is 49.4 Å². The molecular formula is C29H26N2O4. The van der Waals surface area contributed by atoms with Gasteiger partial charge in [0.1, 0.15) is 5.75 Å². The zero-order chi connectivity index (χ0) is 24.8. The summed E-state index contributed by atoms with van der Waals surface area (Å²) >= 11 is 0. The van der Waals surface area contributed by atoms with Gasteiger partial charge in [0, 0.05) is 12.1 Å². The predicted octanol–water partition coefficient (Wildman–Crippen LogP) is 5.45. The lowest BCUT2D eigenvalue weighted by atomic mass is 9.93. The minimum absolute atomic E-state index is 0.0810. The Bertz CT molecular complexity index is 1270. The summed E-state index contributed by atoms with van der Waals surface area (Å²) in [4.78, 5) is 28.0. The summed E-state index contributed by atoms with van der Waals surface area (Å²) in [6.07, 6.45) is 1.53. The number of ether oxygens (including phenoxy) is 1. The molecule has 1 amide bonds. The van der Waals surface area contributed by atoms with Crippen molar-refractivity contribution in [1.82, 2.24) is 0 Å². The number of nitriles is 1. The highest BCUT2D eigenvalue weighted by atomic mass is 16.5. The Morgan fingerprint density at radius 3 is 2.34 bits per heavy atom. The van der Waals surface area contributed by atoms with Crippen molar-refractivity contribution < 1.29 is 19.4 Å². The Balaban J connectivity index is 1.70. The number of aryl methyl sites for hydroxylation is 1. The lowest BCUT2D eigenvalue weighted by Gasteiger charge is -2.27. The molecule has 6 nitrogen and oxygen atoms in total. The molecule has 0 fully saturated rings. The second kappa shape index (κ2) is 10.7. The van der Waals surface area contributed by atoms with E-state index in [0.717, 1.165) is 12.0 Å². The van der Waals surface area contributed by atoms with Crippen molar-refractivity contribution in [3.05, 3.63) is 107 Å². The first-order valence-corrected chi connectivity index (χ1v) is 11.6. The van der Waals surface area contributed by atoms with Crippen LogP contribution < -0.4 is 9.64 Å². The van der Waals surface area contributed by atoms with Crippen molar-refractivity contribution in [2.75, 3.05) is 11.5 Å². The molecule has 1 unspecified atom stereocenters. The topological polar surface area (TPSA) is 90.6 Å². The molecule has 0 aliphatic carbocycles. The van der Waals surface area contributed by atoms with Crippen LogP contribution in [0.3, 0.4) is 0 Å². The summed E-state index contributed by atoms with van der Waals surface area (Å²) in [6.45, 7) is 2.61.